The number of aromatic amines is 1. The molecule has 4 aromatic rings. The first-order chi connectivity index (χ1) is 12.3. The van der Waals surface area contributed by atoms with Crippen LogP contribution in [0.2, 0.25) is 0 Å². The molecular formula is C22H19NOS. The Morgan fingerprint density at radius 1 is 0.920 bits per heavy atom. The number of hydrogen-bond donors (Lipinski definition) is 1. The van der Waals surface area contributed by atoms with E-state index in [-0.39, 0.29) is 5.56 Å². The van der Waals surface area contributed by atoms with Gasteiger partial charge >= 0.3 is 0 Å². The van der Waals surface area contributed by atoms with Gasteiger partial charge in [-0.1, -0.05) is 49.2 Å². The van der Waals surface area contributed by atoms with E-state index in [2.05, 4.69) is 41.4 Å². The second-order valence-electron chi connectivity index (χ2n) is 6.96. The Labute approximate surface area is 150 Å². The molecule has 5 rings (SSSR count). The summed E-state index contributed by atoms with van der Waals surface area (Å²) in [5.41, 5.74) is 3.55. The summed E-state index contributed by atoms with van der Waals surface area (Å²) in [5, 5.41) is 2.26. The fraction of sp³-hybridized carbons (Fsp3) is 0.227. The molecule has 2 heterocycles. The van der Waals surface area contributed by atoms with Crippen molar-refractivity contribution >= 4 is 32.3 Å². The molecule has 1 saturated carbocycles. The molecule has 0 radical (unpaired) electrons. The highest BCUT2D eigenvalue weighted by Crippen LogP contribution is 2.38. The number of rotatable bonds is 2. The maximum Gasteiger partial charge on any atom is 0.266 e. The van der Waals surface area contributed by atoms with E-state index in [1.54, 1.807) is 11.3 Å². The molecule has 1 N–H and O–H groups in total. The first-order valence-corrected chi connectivity index (χ1v) is 9.76. The largest absolute Gasteiger partial charge is 0.321 e. The Morgan fingerprint density at radius 2 is 1.72 bits per heavy atom. The van der Waals surface area contributed by atoms with Crippen LogP contribution in [-0.2, 0) is 0 Å². The van der Waals surface area contributed by atoms with Crippen molar-refractivity contribution in [2.24, 2.45) is 0 Å². The molecule has 2 aromatic carbocycles. The SMILES string of the molecule is O=c1[nH]c2ccc(C3CCCC3)cc2c2cc(-c3ccccc3)sc12. The van der Waals surface area contributed by atoms with E-state index in [4.69, 9.17) is 0 Å². The Morgan fingerprint density at radius 3 is 2.52 bits per heavy atom. The number of aromatic nitrogens is 1. The average Bonchev–Trinajstić information content (AvgIpc) is 3.33. The van der Waals surface area contributed by atoms with Crippen LogP contribution in [0.25, 0.3) is 31.4 Å². The van der Waals surface area contributed by atoms with Crippen molar-refractivity contribution in [1.82, 2.24) is 4.98 Å². The van der Waals surface area contributed by atoms with Gasteiger partial charge in [0, 0.05) is 21.2 Å². The van der Waals surface area contributed by atoms with E-state index in [1.165, 1.54) is 42.2 Å². The van der Waals surface area contributed by atoms with Gasteiger partial charge in [-0.05, 0) is 48.1 Å². The van der Waals surface area contributed by atoms with Gasteiger partial charge in [-0.15, -0.1) is 11.3 Å². The molecule has 1 aliphatic carbocycles. The zero-order valence-corrected chi connectivity index (χ0v) is 14.7. The van der Waals surface area contributed by atoms with Crippen LogP contribution in [0.15, 0.2) is 59.4 Å². The fourth-order valence-electron chi connectivity index (χ4n) is 4.09. The van der Waals surface area contributed by atoms with Crippen molar-refractivity contribution in [3.05, 3.63) is 70.5 Å². The van der Waals surface area contributed by atoms with Crippen LogP contribution in [0.5, 0.6) is 0 Å². The van der Waals surface area contributed by atoms with E-state index in [1.807, 2.05) is 18.2 Å². The third-order valence-corrected chi connectivity index (χ3v) is 6.59. The molecule has 0 saturated heterocycles. The number of nitrogens with one attached hydrogen (secondary N) is 1. The lowest BCUT2D eigenvalue weighted by molar-refractivity contribution is 0.724. The predicted molar refractivity (Wildman–Crippen MR) is 107 cm³/mol. The highest BCUT2D eigenvalue weighted by Gasteiger charge is 2.18. The first kappa shape index (κ1) is 14.9. The Balaban J connectivity index is 1.75. The monoisotopic (exact) mass is 345 g/mol. The second kappa shape index (κ2) is 5.85. The molecule has 2 aromatic heterocycles. The van der Waals surface area contributed by atoms with Gasteiger partial charge in [0.1, 0.15) is 4.70 Å². The third-order valence-electron chi connectivity index (χ3n) is 5.41. The van der Waals surface area contributed by atoms with E-state index in [9.17, 15) is 4.79 Å². The summed E-state index contributed by atoms with van der Waals surface area (Å²) < 4.78 is 0.829. The first-order valence-electron chi connectivity index (χ1n) is 8.94. The van der Waals surface area contributed by atoms with Gasteiger partial charge in [-0.25, -0.2) is 0 Å². The van der Waals surface area contributed by atoms with Gasteiger partial charge in [-0.3, -0.25) is 4.79 Å². The molecule has 0 unspecified atom stereocenters. The number of pyridine rings is 1. The summed E-state index contributed by atoms with van der Waals surface area (Å²) in [6.07, 6.45) is 5.24. The summed E-state index contributed by atoms with van der Waals surface area (Å²) in [7, 11) is 0. The molecule has 0 bridgehead atoms. The summed E-state index contributed by atoms with van der Waals surface area (Å²) in [6, 6.07) is 19.1. The quantitative estimate of drug-likeness (QED) is 0.470. The van der Waals surface area contributed by atoms with E-state index < -0.39 is 0 Å². The van der Waals surface area contributed by atoms with Crippen LogP contribution in [-0.4, -0.2) is 4.98 Å². The number of benzene rings is 2. The molecule has 1 aliphatic rings. The van der Waals surface area contributed by atoms with Crippen molar-refractivity contribution in [3.63, 3.8) is 0 Å². The van der Waals surface area contributed by atoms with Crippen molar-refractivity contribution in [2.45, 2.75) is 31.6 Å². The van der Waals surface area contributed by atoms with Crippen LogP contribution >= 0.6 is 11.3 Å². The van der Waals surface area contributed by atoms with E-state index in [0.717, 1.165) is 20.5 Å². The molecule has 0 spiro atoms. The van der Waals surface area contributed by atoms with Gasteiger partial charge in [0.2, 0.25) is 0 Å². The van der Waals surface area contributed by atoms with Crippen LogP contribution in [0.1, 0.15) is 37.2 Å². The number of fused-ring (bicyclic) bond motifs is 3. The maximum atomic E-state index is 12.5. The van der Waals surface area contributed by atoms with Crippen LogP contribution < -0.4 is 5.56 Å². The average molecular weight is 345 g/mol. The molecule has 3 heteroatoms. The van der Waals surface area contributed by atoms with E-state index in [0.29, 0.717) is 5.92 Å². The summed E-state index contributed by atoms with van der Waals surface area (Å²) >= 11 is 1.59. The highest BCUT2D eigenvalue weighted by molar-refractivity contribution is 7.22. The lowest BCUT2D eigenvalue weighted by Crippen LogP contribution is -2.04. The van der Waals surface area contributed by atoms with Crippen molar-refractivity contribution < 1.29 is 0 Å². The van der Waals surface area contributed by atoms with Crippen LogP contribution in [0.4, 0.5) is 0 Å². The molecule has 2 nitrogen and oxygen atoms in total. The Bertz CT molecular complexity index is 1120. The van der Waals surface area contributed by atoms with Crippen molar-refractivity contribution in [1.29, 1.82) is 0 Å². The summed E-state index contributed by atoms with van der Waals surface area (Å²) in [5.74, 6) is 0.679. The maximum absolute atomic E-state index is 12.5. The smallest absolute Gasteiger partial charge is 0.266 e. The fourth-order valence-corrected chi connectivity index (χ4v) is 5.16. The van der Waals surface area contributed by atoms with Crippen LogP contribution in [0.3, 0.4) is 0 Å². The molecule has 0 amide bonds. The minimum absolute atomic E-state index is 0.0169. The summed E-state index contributed by atoms with van der Waals surface area (Å²) in [4.78, 5) is 16.8. The summed E-state index contributed by atoms with van der Waals surface area (Å²) in [6.45, 7) is 0. The number of H-pyrrole nitrogens is 1. The third kappa shape index (κ3) is 2.50. The lowest BCUT2D eigenvalue weighted by atomic mass is 9.95. The van der Waals surface area contributed by atoms with Gasteiger partial charge in [-0.2, -0.15) is 0 Å². The van der Waals surface area contributed by atoms with Gasteiger partial charge < -0.3 is 4.98 Å². The molecule has 0 atom stereocenters. The van der Waals surface area contributed by atoms with Gasteiger partial charge in [0.25, 0.3) is 5.56 Å². The molecular weight excluding hydrogens is 326 g/mol. The lowest BCUT2D eigenvalue weighted by Gasteiger charge is -2.10. The highest BCUT2D eigenvalue weighted by atomic mass is 32.1. The Kier molecular flexibility index (Phi) is 3.49. The predicted octanol–water partition coefficient (Wildman–Crippen LogP) is 6.07. The van der Waals surface area contributed by atoms with E-state index >= 15 is 0 Å². The molecule has 1 fully saturated rings. The van der Waals surface area contributed by atoms with Gasteiger partial charge in [0.05, 0.1) is 0 Å². The second-order valence-corrected chi connectivity index (χ2v) is 8.01. The Hall–Kier alpha value is -2.39. The minimum Gasteiger partial charge on any atom is -0.321 e. The number of thiophene rings is 1. The standard InChI is InChI=1S/C22H19NOS/c24-22-21-18(13-20(25-21)15-8-2-1-3-9-15)17-12-16(10-11-19(17)23-22)14-6-4-5-7-14/h1-3,8-14H,4-7H2,(H,23,24). The molecule has 25 heavy (non-hydrogen) atoms. The zero-order chi connectivity index (χ0) is 16.8. The normalized spacial score (nSPS) is 15.4. The number of hydrogen-bond acceptors (Lipinski definition) is 2. The molecule has 124 valence electrons. The van der Waals surface area contributed by atoms with Crippen molar-refractivity contribution in [3.8, 4) is 10.4 Å². The minimum atomic E-state index is 0.0169. The van der Waals surface area contributed by atoms with Crippen LogP contribution in [0, 0.1) is 0 Å². The topological polar surface area (TPSA) is 32.9 Å². The van der Waals surface area contributed by atoms with Gasteiger partial charge in [0.15, 0.2) is 0 Å². The zero-order valence-electron chi connectivity index (χ0n) is 13.9. The van der Waals surface area contributed by atoms with Crippen molar-refractivity contribution in [2.75, 3.05) is 0 Å². The molecule has 0 aliphatic heterocycles.